The first-order valence-electron chi connectivity index (χ1n) is 9.35. The number of likely N-dealkylation sites (N-methyl/N-ethyl adjacent to an activating group) is 1. The summed E-state index contributed by atoms with van der Waals surface area (Å²) in [6.45, 7) is 4.81. The smallest absolute Gasteiger partial charge is 0.257 e. The fourth-order valence-electron chi connectivity index (χ4n) is 3.59. The number of carbonyl (C=O) groups excluding carboxylic acids is 1. The van der Waals surface area contributed by atoms with Gasteiger partial charge < -0.3 is 9.80 Å². The zero-order valence-corrected chi connectivity index (χ0v) is 17.3. The first-order valence-corrected chi connectivity index (χ1v) is 10.3. The second kappa shape index (κ2) is 7.48. The highest BCUT2D eigenvalue weighted by Crippen LogP contribution is 2.33. The van der Waals surface area contributed by atoms with Crippen LogP contribution in [0.4, 0.5) is 5.82 Å². The average Bonchev–Trinajstić information content (AvgIpc) is 3.07. The van der Waals surface area contributed by atoms with Gasteiger partial charge in [-0.1, -0.05) is 11.8 Å². The molecule has 0 aromatic carbocycles. The van der Waals surface area contributed by atoms with E-state index in [0.717, 1.165) is 5.69 Å². The standard InChI is InChI=1S/C19H21N7O2S/c1-11-12(2)23-19-26(18(11)28)13(10-29-19)6-16(27)24(3)14-8-25(9-14)17-15(7-20)21-4-5-22-17/h4-5,13-14H,6,8-10H2,1-3H3. The van der Waals surface area contributed by atoms with Crippen molar-refractivity contribution in [1.29, 1.82) is 5.26 Å². The van der Waals surface area contributed by atoms with Gasteiger partial charge >= 0.3 is 0 Å². The molecule has 1 amide bonds. The number of fused-ring (bicyclic) bond motifs is 1. The normalized spacial score (nSPS) is 18.1. The van der Waals surface area contributed by atoms with E-state index in [1.807, 2.05) is 17.9 Å². The molecule has 0 radical (unpaired) electrons. The maximum absolute atomic E-state index is 12.9. The number of aromatic nitrogens is 4. The summed E-state index contributed by atoms with van der Waals surface area (Å²) in [4.78, 5) is 41.9. The second-order valence-electron chi connectivity index (χ2n) is 7.35. The predicted octanol–water partition coefficient (Wildman–Crippen LogP) is 0.906. The number of rotatable bonds is 4. The SMILES string of the molecule is Cc1nc2n(c(=O)c1C)C(CC(=O)N(C)C1CN(c3nccnc3C#N)C1)CS2. The molecule has 0 bridgehead atoms. The summed E-state index contributed by atoms with van der Waals surface area (Å²) >= 11 is 1.52. The van der Waals surface area contributed by atoms with Crippen molar-refractivity contribution in [2.45, 2.75) is 37.5 Å². The molecular weight excluding hydrogens is 390 g/mol. The van der Waals surface area contributed by atoms with Crippen molar-refractivity contribution in [3.63, 3.8) is 0 Å². The van der Waals surface area contributed by atoms with Crippen LogP contribution in [0, 0.1) is 25.2 Å². The summed E-state index contributed by atoms with van der Waals surface area (Å²) in [6.07, 6.45) is 3.32. The van der Waals surface area contributed by atoms with E-state index in [2.05, 4.69) is 15.0 Å². The number of aryl methyl sites for hydroxylation is 1. The molecule has 1 atom stereocenters. The van der Waals surface area contributed by atoms with Crippen LogP contribution < -0.4 is 10.5 Å². The summed E-state index contributed by atoms with van der Waals surface area (Å²) in [5.74, 6) is 1.22. The number of anilines is 1. The number of thioether (sulfide) groups is 1. The molecule has 9 nitrogen and oxygen atoms in total. The van der Waals surface area contributed by atoms with Gasteiger partial charge in [-0.15, -0.1) is 0 Å². The summed E-state index contributed by atoms with van der Waals surface area (Å²) in [5.41, 5.74) is 1.61. The molecule has 1 fully saturated rings. The third kappa shape index (κ3) is 3.35. The average molecular weight is 411 g/mol. The van der Waals surface area contributed by atoms with E-state index in [-0.39, 0.29) is 35.7 Å². The van der Waals surface area contributed by atoms with Gasteiger partial charge in [-0.3, -0.25) is 14.2 Å². The van der Waals surface area contributed by atoms with Gasteiger partial charge in [0.1, 0.15) is 6.07 Å². The largest absolute Gasteiger partial charge is 0.350 e. The molecule has 0 aliphatic carbocycles. The van der Waals surface area contributed by atoms with E-state index in [0.29, 0.717) is 35.4 Å². The van der Waals surface area contributed by atoms with Gasteiger partial charge in [-0.05, 0) is 13.8 Å². The monoisotopic (exact) mass is 411 g/mol. The van der Waals surface area contributed by atoms with E-state index in [1.165, 1.54) is 18.0 Å². The van der Waals surface area contributed by atoms with Crippen LogP contribution in [0.15, 0.2) is 22.3 Å². The minimum Gasteiger partial charge on any atom is -0.350 e. The summed E-state index contributed by atoms with van der Waals surface area (Å²) in [7, 11) is 1.79. The summed E-state index contributed by atoms with van der Waals surface area (Å²) in [5, 5.41) is 9.86. The second-order valence-corrected chi connectivity index (χ2v) is 8.34. The van der Waals surface area contributed by atoms with Gasteiger partial charge in [0.2, 0.25) is 5.91 Å². The van der Waals surface area contributed by atoms with Crippen LogP contribution in [0.5, 0.6) is 0 Å². The molecule has 0 spiro atoms. The van der Waals surface area contributed by atoms with Crippen LogP contribution in [0.2, 0.25) is 0 Å². The summed E-state index contributed by atoms with van der Waals surface area (Å²) < 4.78 is 1.67. The predicted molar refractivity (Wildman–Crippen MR) is 108 cm³/mol. The summed E-state index contributed by atoms with van der Waals surface area (Å²) in [6, 6.07) is 1.91. The molecule has 2 aliphatic rings. The van der Waals surface area contributed by atoms with Crippen molar-refractivity contribution in [2.75, 3.05) is 30.8 Å². The minimum atomic E-state index is -0.175. The molecule has 2 aromatic heterocycles. The van der Waals surface area contributed by atoms with Crippen molar-refractivity contribution >= 4 is 23.5 Å². The first-order chi connectivity index (χ1) is 13.9. The van der Waals surface area contributed by atoms with Gasteiger partial charge in [0.25, 0.3) is 5.56 Å². The molecule has 2 aliphatic heterocycles. The quantitative estimate of drug-likeness (QED) is 0.683. The Morgan fingerprint density at radius 2 is 2.07 bits per heavy atom. The van der Waals surface area contributed by atoms with Gasteiger partial charge in [0, 0.05) is 56.0 Å². The number of hydrogen-bond donors (Lipinski definition) is 0. The third-order valence-electron chi connectivity index (χ3n) is 5.62. The van der Waals surface area contributed by atoms with Crippen molar-refractivity contribution in [1.82, 2.24) is 24.4 Å². The maximum atomic E-state index is 12.9. The molecule has 1 saturated heterocycles. The molecule has 29 heavy (non-hydrogen) atoms. The van der Waals surface area contributed by atoms with Crippen molar-refractivity contribution < 1.29 is 4.79 Å². The maximum Gasteiger partial charge on any atom is 0.257 e. The molecular formula is C19H21N7O2S. The molecule has 4 heterocycles. The van der Waals surface area contributed by atoms with E-state index >= 15 is 0 Å². The lowest BCUT2D eigenvalue weighted by Crippen LogP contribution is -2.60. The van der Waals surface area contributed by atoms with Crippen LogP contribution in [0.1, 0.15) is 29.4 Å². The molecule has 0 saturated carbocycles. The van der Waals surface area contributed by atoms with Gasteiger partial charge in [-0.2, -0.15) is 5.26 Å². The molecule has 1 unspecified atom stereocenters. The molecule has 4 rings (SSSR count). The number of carbonyl (C=O) groups is 1. The lowest BCUT2D eigenvalue weighted by Gasteiger charge is -2.44. The number of amides is 1. The van der Waals surface area contributed by atoms with E-state index in [4.69, 9.17) is 0 Å². The Morgan fingerprint density at radius 3 is 2.79 bits per heavy atom. The molecule has 10 heteroatoms. The number of nitriles is 1. The molecule has 150 valence electrons. The van der Waals surface area contributed by atoms with Crippen molar-refractivity contribution in [2.24, 2.45) is 0 Å². The topological polar surface area (TPSA) is 108 Å². The van der Waals surface area contributed by atoms with Crippen LogP contribution in [-0.4, -0.2) is 62.3 Å². The number of nitrogens with zero attached hydrogens (tertiary/aromatic N) is 7. The van der Waals surface area contributed by atoms with Gasteiger partial charge in [0.05, 0.1) is 12.1 Å². The Labute approximate surface area is 172 Å². The van der Waals surface area contributed by atoms with E-state index in [9.17, 15) is 14.9 Å². The Kier molecular flexibility index (Phi) is 5.00. The van der Waals surface area contributed by atoms with Gasteiger partial charge in [-0.25, -0.2) is 15.0 Å². The lowest BCUT2D eigenvalue weighted by molar-refractivity contribution is -0.133. The lowest BCUT2D eigenvalue weighted by atomic mass is 10.1. The highest BCUT2D eigenvalue weighted by atomic mass is 32.2. The van der Waals surface area contributed by atoms with Crippen LogP contribution in [-0.2, 0) is 4.79 Å². The van der Waals surface area contributed by atoms with Crippen molar-refractivity contribution in [3.8, 4) is 6.07 Å². The van der Waals surface area contributed by atoms with E-state index in [1.54, 1.807) is 29.6 Å². The zero-order valence-electron chi connectivity index (χ0n) is 16.5. The highest BCUT2D eigenvalue weighted by molar-refractivity contribution is 7.99. The highest BCUT2D eigenvalue weighted by Gasteiger charge is 2.36. The number of hydrogen-bond acceptors (Lipinski definition) is 8. The molecule has 0 N–H and O–H groups in total. The minimum absolute atomic E-state index is 0.00196. The fraction of sp³-hybridized carbons (Fsp3) is 0.474. The fourth-order valence-corrected chi connectivity index (χ4v) is 4.77. The third-order valence-corrected chi connectivity index (χ3v) is 6.72. The first kappa shape index (κ1) is 19.4. The Morgan fingerprint density at radius 1 is 1.34 bits per heavy atom. The van der Waals surface area contributed by atoms with Crippen LogP contribution >= 0.6 is 11.8 Å². The van der Waals surface area contributed by atoms with Crippen molar-refractivity contribution in [3.05, 3.63) is 39.7 Å². The Balaban J connectivity index is 1.41. The van der Waals surface area contributed by atoms with Crippen LogP contribution in [0.25, 0.3) is 0 Å². The Bertz CT molecular complexity index is 1070. The Hall–Kier alpha value is -2.93. The van der Waals surface area contributed by atoms with Crippen LogP contribution in [0.3, 0.4) is 0 Å². The van der Waals surface area contributed by atoms with E-state index < -0.39 is 0 Å². The van der Waals surface area contributed by atoms with Gasteiger partial charge in [0.15, 0.2) is 16.7 Å². The zero-order chi connectivity index (χ0) is 20.7. The molecule has 2 aromatic rings.